The minimum absolute atomic E-state index is 0.0211. The Hall–Kier alpha value is -2.41. The largest absolute Gasteiger partial charge is 0.479 e. The van der Waals surface area contributed by atoms with Crippen molar-refractivity contribution in [2.45, 2.75) is 68.4 Å². The molecule has 1 aromatic carbocycles. The molecule has 0 spiro atoms. The molecule has 2 heterocycles. The minimum Gasteiger partial charge on any atom is -0.479 e. The number of nitrogens with zero attached hydrogens (tertiary/aromatic N) is 2. The van der Waals surface area contributed by atoms with E-state index in [9.17, 15) is 9.59 Å². The van der Waals surface area contributed by atoms with Crippen LogP contribution in [0.1, 0.15) is 73.5 Å². The molecule has 0 saturated heterocycles. The molecule has 5 aliphatic rings. The predicted molar refractivity (Wildman–Crippen MR) is 107 cm³/mol. The third-order valence-corrected chi connectivity index (χ3v) is 7.45. The first-order valence-electron chi connectivity index (χ1n) is 10.5. The van der Waals surface area contributed by atoms with Crippen molar-refractivity contribution in [1.82, 2.24) is 15.5 Å². The maximum absolute atomic E-state index is 12.8. The standard InChI is InChI=1S/C22H22ClN3O4/c1-11-4-12(5-11)19-25-26-20(30-19)21-8-22(9-21,10-21)24-18(28)17-7-15(27)14-6-13(23)2-3-16(14)29-17/h2-3,6,11-12,17H,4-5,7-10H2,1H3,(H,24,28). The number of aromatic nitrogens is 2. The van der Waals surface area contributed by atoms with Crippen LogP contribution in [0.4, 0.5) is 0 Å². The number of hydrogen-bond acceptors (Lipinski definition) is 6. The number of ether oxygens (including phenoxy) is 1. The van der Waals surface area contributed by atoms with E-state index in [1.807, 2.05) is 0 Å². The monoisotopic (exact) mass is 427 g/mol. The van der Waals surface area contributed by atoms with E-state index in [1.54, 1.807) is 18.2 Å². The fraction of sp³-hybridized carbons (Fsp3) is 0.545. The molecule has 1 aliphatic heterocycles. The van der Waals surface area contributed by atoms with Gasteiger partial charge in [0.05, 0.1) is 17.4 Å². The molecule has 4 aliphatic carbocycles. The molecule has 1 N–H and O–H groups in total. The van der Waals surface area contributed by atoms with Gasteiger partial charge in [0.25, 0.3) is 5.91 Å². The van der Waals surface area contributed by atoms with E-state index in [1.165, 1.54) is 0 Å². The highest BCUT2D eigenvalue weighted by Gasteiger charge is 2.72. The van der Waals surface area contributed by atoms with Gasteiger partial charge in [-0.2, -0.15) is 0 Å². The van der Waals surface area contributed by atoms with Gasteiger partial charge in [-0.1, -0.05) is 18.5 Å². The van der Waals surface area contributed by atoms with Crippen LogP contribution < -0.4 is 10.1 Å². The number of amides is 1. The van der Waals surface area contributed by atoms with Crippen LogP contribution in [0, 0.1) is 5.92 Å². The summed E-state index contributed by atoms with van der Waals surface area (Å²) in [5.41, 5.74) is 0.0909. The zero-order chi connectivity index (χ0) is 20.7. The summed E-state index contributed by atoms with van der Waals surface area (Å²) in [6.07, 6.45) is 3.82. The van der Waals surface area contributed by atoms with Crippen LogP contribution >= 0.6 is 11.6 Å². The van der Waals surface area contributed by atoms with Crippen molar-refractivity contribution in [2.75, 3.05) is 0 Å². The van der Waals surface area contributed by atoms with Gasteiger partial charge < -0.3 is 14.5 Å². The van der Waals surface area contributed by atoms with Gasteiger partial charge in [-0.15, -0.1) is 10.2 Å². The van der Waals surface area contributed by atoms with Gasteiger partial charge in [-0.3, -0.25) is 9.59 Å². The maximum atomic E-state index is 12.8. The summed E-state index contributed by atoms with van der Waals surface area (Å²) < 4.78 is 11.8. The second kappa shape index (κ2) is 6.06. The molecule has 1 atom stereocenters. The smallest absolute Gasteiger partial charge is 0.261 e. The second-order valence-electron chi connectivity index (χ2n) is 9.67. The van der Waals surface area contributed by atoms with Gasteiger partial charge in [0, 0.05) is 16.5 Å². The maximum Gasteiger partial charge on any atom is 0.261 e. The summed E-state index contributed by atoms with van der Waals surface area (Å²) >= 11 is 5.96. The lowest BCUT2D eigenvalue weighted by atomic mass is 9.39. The Morgan fingerprint density at radius 3 is 2.73 bits per heavy atom. The zero-order valence-electron chi connectivity index (χ0n) is 16.6. The van der Waals surface area contributed by atoms with Crippen molar-refractivity contribution in [3.8, 4) is 5.75 Å². The average Bonchev–Trinajstić information content (AvgIpc) is 3.10. The van der Waals surface area contributed by atoms with Crippen LogP contribution in [0.25, 0.3) is 0 Å². The molecular weight excluding hydrogens is 406 g/mol. The Labute approximate surface area is 178 Å². The summed E-state index contributed by atoms with van der Waals surface area (Å²) in [4.78, 5) is 25.2. The normalized spacial score (nSPS) is 35.9. The highest BCUT2D eigenvalue weighted by Crippen LogP contribution is 2.67. The minimum atomic E-state index is -0.813. The van der Waals surface area contributed by atoms with Crippen molar-refractivity contribution in [1.29, 1.82) is 0 Å². The number of carbonyl (C=O) groups is 2. The molecule has 0 radical (unpaired) electrons. The third kappa shape index (κ3) is 2.64. The summed E-state index contributed by atoms with van der Waals surface area (Å²) in [6.45, 7) is 2.23. The quantitative estimate of drug-likeness (QED) is 0.801. The van der Waals surface area contributed by atoms with E-state index in [4.69, 9.17) is 20.8 Å². The van der Waals surface area contributed by atoms with Crippen molar-refractivity contribution in [3.63, 3.8) is 0 Å². The Morgan fingerprint density at radius 2 is 2.00 bits per heavy atom. The number of hydrogen-bond donors (Lipinski definition) is 1. The predicted octanol–water partition coefficient (Wildman–Crippen LogP) is 3.56. The SMILES string of the molecule is CC1CC(c2nnc(C34CC(NC(=O)C5CC(=O)c6cc(Cl)ccc6O5)(C3)C4)o2)C1. The lowest BCUT2D eigenvalue weighted by Gasteiger charge is -2.68. The highest BCUT2D eigenvalue weighted by molar-refractivity contribution is 6.31. The molecular formula is C22H22ClN3O4. The fourth-order valence-electron chi connectivity index (χ4n) is 5.65. The molecule has 7 rings (SSSR count). The molecule has 2 aromatic rings. The van der Waals surface area contributed by atoms with Crippen LogP contribution in [-0.4, -0.2) is 33.5 Å². The van der Waals surface area contributed by atoms with Gasteiger partial charge in [0.1, 0.15) is 5.75 Å². The van der Waals surface area contributed by atoms with Crippen molar-refractivity contribution in [3.05, 3.63) is 40.6 Å². The molecule has 1 aromatic heterocycles. The van der Waals surface area contributed by atoms with Gasteiger partial charge in [0.2, 0.25) is 11.8 Å². The molecule has 8 heteroatoms. The number of Topliss-reactive ketones (excluding diaryl/α,β-unsaturated/α-hetero) is 1. The van der Waals surface area contributed by atoms with Crippen molar-refractivity contribution >= 4 is 23.3 Å². The van der Waals surface area contributed by atoms with E-state index < -0.39 is 6.10 Å². The Kier molecular flexibility index (Phi) is 3.71. The molecule has 1 unspecified atom stereocenters. The zero-order valence-corrected chi connectivity index (χ0v) is 17.4. The van der Waals surface area contributed by atoms with Crippen LogP contribution in [0.3, 0.4) is 0 Å². The fourth-order valence-corrected chi connectivity index (χ4v) is 5.82. The van der Waals surface area contributed by atoms with Crippen LogP contribution in [-0.2, 0) is 10.2 Å². The number of halogens is 1. The molecule has 2 bridgehead atoms. The van der Waals surface area contributed by atoms with E-state index in [-0.39, 0.29) is 29.1 Å². The lowest BCUT2D eigenvalue weighted by molar-refractivity contribution is -0.148. The van der Waals surface area contributed by atoms with Gasteiger partial charge in [-0.05, 0) is 56.2 Å². The first-order chi connectivity index (χ1) is 14.3. The first-order valence-corrected chi connectivity index (χ1v) is 10.9. The molecule has 4 fully saturated rings. The molecule has 1 amide bonds. The number of rotatable bonds is 4. The van der Waals surface area contributed by atoms with E-state index in [0.717, 1.165) is 43.9 Å². The Bertz CT molecular complexity index is 1050. The average molecular weight is 428 g/mol. The van der Waals surface area contributed by atoms with Crippen molar-refractivity contribution in [2.24, 2.45) is 5.92 Å². The summed E-state index contributed by atoms with van der Waals surface area (Å²) in [7, 11) is 0. The molecule has 30 heavy (non-hydrogen) atoms. The Balaban J connectivity index is 1.09. The summed E-state index contributed by atoms with van der Waals surface area (Å²) in [6, 6.07) is 4.88. The highest BCUT2D eigenvalue weighted by atomic mass is 35.5. The van der Waals surface area contributed by atoms with Gasteiger partial charge in [0.15, 0.2) is 11.9 Å². The molecule has 4 saturated carbocycles. The van der Waals surface area contributed by atoms with E-state index >= 15 is 0 Å². The summed E-state index contributed by atoms with van der Waals surface area (Å²) in [5.74, 6) is 2.65. The van der Waals surface area contributed by atoms with Crippen molar-refractivity contribution < 1.29 is 18.7 Å². The number of fused-ring (bicyclic) bond motifs is 1. The molecule has 156 valence electrons. The Morgan fingerprint density at radius 1 is 1.23 bits per heavy atom. The summed E-state index contributed by atoms with van der Waals surface area (Å²) in [5, 5.41) is 12.2. The van der Waals surface area contributed by atoms with Crippen LogP contribution in [0.5, 0.6) is 5.75 Å². The first kappa shape index (κ1) is 18.4. The van der Waals surface area contributed by atoms with Gasteiger partial charge in [-0.25, -0.2) is 0 Å². The molecule has 7 nitrogen and oxygen atoms in total. The van der Waals surface area contributed by atoms with E-state index in [0.29, 0.717) is 28.1 Å². The number of benzene rings is 1. The van der Waals surface area contributed by atoms with Gasteiger partial charge >= 0.3 is 0 Å². The lowest BCUT2D eigenvalue weighted by Crippen LogP contribution is -2.77. The topological polar surface area (TPSA) is 94.3 Å². The van der Waals surface area contributed by atoms with Crippen LogP contribution in [0.15, 0.2) is 22.6 Å². The third-order valence-electron chi connectivity index (χ3n) is 7.21. The number of carbonyl (C=O) groups excluding carboxylic acids is 2. The number of ketones is 1. The number of nitrogens with one attached hydrogen (secondary N) is 1. The van der Waals surface area contributed by atoms with Crippen LogP contribution in [0.2, 0.25) is 5.02 Å². The second-order valence-corrected chi connectivity index (χ2v) is 10.1. The van der Waals surface area contributed by atoms with E-state index in [2.05, 4.69) is 22.4 Å².